The summed E-state index contributed by atoms with van der Waals surface area (Å²) < 4.78 is 0. The molecule has 0 spiro atoms. The van der Waals surface area contributed by atoms with Gasteiger partial charge in [-0.3, -0.25) is 14.6 Å². The molecule has 1 aromatic carbocycles. The van der Waals surface area contributed by atoms with E-state index < -0.39 is 0 Å². The molecular formula is C19H21Cl2N3O2. The third-order valence-corrected chi connectivity index (χ3v) is 4.08. The van der Waals surface area contributed by atoms with E-state index in [2.05, 4.69) is 10.3 Å². The zero-order chi connectivity index (χ0) is 19.1. The molecule has 1 heterocycles. The number of carbonyl (C=O) groups is 2. The van der Waals surface area contributed by atoms with Crippen LogP contribution in [0.15, 0.2) is 36.7 Å². The number of aromatic nitrogens is 1. The van der Waals surface area contributed by atoms with Gasteiger partial charge in [0.15, 0.2) is 0 Å². The molecule has 0 radical (unpaired) electrons. The highest BCUT2D eigenvalue weighted by molar-refractivity contribution is 6.35. The summed E-state index contributed by atoms with van der Waals surface area (Å²) in [7, 11) is 0. The number of benzene rings is 1. The summed E-state index contributed by atoms with van der Waals surface area (Å²) in [5, 5.41) is 3.55. The van der Waals surface area contributed by atoms with E-state index in [0.29, 0.717) is 39.9 Å². The van der Waals surface area contributed by atoms with Gasteiger partial charge in [0.2, 0.25) is 0 Å². The summed E-state index contributed by atoms with van der Waals surface area (Å²) in [5.74, 6) is -0.510. The van der Waals surface area contributed by atoms with E-state index in [4.69, 9.17) is 23.2 Å². The fourth-order valence-corrected chi connectivity index (χ4v) is 3.07. The Morgan fingerprint density at radius 1 is 0.962 bits per heavy atom. The first kappa shape index (κ1) is 20.2. The zero-order valence-electron chi connectivity index (χ0n) is 14.8. The largest absolute Gasteiger partial charge is 0.339 e. The van der Waals surface area contributed by atoms with E-state index in [1.807, 2.05) is 13.8 Å². The zero-order valence-corrected chi connectivity index (χ0v) is 16.3. The van der Waals surface area contributed by atoms with Crippen LogP contribution in [-0.2, 0) is 0 Å². The first-order chi connectivity index (χ1) is 12.4. The highest BCUT2D eigenvalue weighted by Gasteiger charge is 2.17. The summed E-state index contributed by atoms with van der Waals surface area (Å²) >= 11 is 11.9. The SMILES string of the molecule is CCCN(CCC)C(=O)c1cncc(C(=O)Nc2cc(Cl)cc(Cl)c2)c1. The minimum Gasteiger partial charge on any atom is -0.339 e. The molecule has 1 N–H and O–H groups in total. The summed E-state index contributed by atoms with van der Waals surface area (Å²) in [4.78, 5) is 31.0. The molecule has 2 aromatic rings. The van der Waals surface area contributed by atoms with Gasteiger partial charge in [0, 0.05) is 41.2 Å². The van der Waals surface area contributed by atoms with Crippen molar-refractivity contribution in [3.05, 3.63) is 57.8 Å². The van der Waals surface area contributed by atoms with Crippen LogP contribution in [0.5, 0.6) is 0 Å². The third kappa shape index (κ3) is 5.44. The molecule has 0 saturated carbocycles. The minimum absolute atomic E-state index is 0.123. The number of pyridine rings is 1. The van der Waals surface area contributed by atoms with Crippen molar-refractivity contribution in [2.45, 2.75) is 26.7 Å². The van der Waals surface area contributed by atoms with Crippen LogP contribution < -0.4 is 5.32 Å². The maximum absolute atomic E-state index is 12.7. The molecule has 26 heavy (non-hydrogen) atoms. The standard InChI is InChI=1S/C19H21Cl2N3O2/c1-3-5-24(6-4-2)19(26)14-7-13(11-22-12-14)18(25)23-17-9-15(20)8-16(21)10-17/h7-12H,3-6H2,1-2H3,(H,23,25). The molecule has 0 fully saturated rings. The predicted molar refractivity (Wildman–Crippen MR) is 105 cm³/mol. The van der Waals surface area contributed by atoms with Crippen molar-refractivity contribution in [3.8, 4) is 0 Å². The molecule has 0 unspecified atom stereocenters. The summed E-state index contributed by atoms with van der Waals surface area (Å²) in [6.07, 6.45) is 4.64. The van der Waals surface area contributed by atoms with Crippen LogP contribution in [0.1, 0.15) is 47.4 Å². The average molecular weight is 394 g/mol. The van der Waals surface area contributed by atoms with Gasteiger partial charge in [-0.1, -0.05) is 37.0 Å². The van der Waals surface area contributed by atoms with E-state index in [0.717, 1.165) is 12.8 Å². The van der Waals surface area contributed by atoms with Crippen LogP contribution in [0.4, 0.5) is 5.69 Å². The minimum atomic E-state index is -0.386. The molecule has 0 bridgehead atoms. The Bertz CT molecular complexity index is 770. The number of halogens is 2. The van der Waals surface area contributed by atoms with Crippen molar-refractivity contribution in [1.82, 2.24) is 9.88 Å². The Hall–Kier alpha value is -2.11. The molecule has 0 aliphatic heterocycles. The number of nitrogens with zero attached hydrogens (tertiary/aromatic N) is 2. The third-order valence-electron chi connectivity index (χ3n) is 3.64. The molecule has 0 saturated heterocycles. The van der Waals surface area contributed by atoms with Crippen molar-refractivity contribution in [2.75, 3.05) is 18.4 Å². The Labute approximate surface area is 163 Å². The van der Waals surface area contributed by atoms with Gasteiger partial charge in [0.25, 0.3) is 11.8 Å². The van der Waals surface area contributed by atoms with Crippen molar-refractivity contribution in [3.63, 3.8) is 0 Å². The second kappa shape index (κ2) is 9.55. The Morgan fingerprint density at radius 3 is 2.12 bits per heavy atom. The van der Waals surface area contributed by atoms with Crippen molar-refractivity contribution >= 4 is 40.7 Å². The highest BCUT2D eigenvalue weighted by atomic mass is 35.5. The van der Waals surface area contributed by atoms with Crippen LogP contribution in [0, 0.1) is 0 Å². The number of rotatable bonds is 7. The number of nitrogens with one attached hydrogen (secondary N) is 1. The molecule has 2 rings (SSSR count). The van der Waals surface area contributed by atoms with Gasteiger partial charge in [0.05, 0.1) is 11.1 Å². The van der Waals surface area contributed by atoms with Gasteiger partial charge < -0.3 is 10.2 Å². The van der Waals surface area contributed by atoms with Gasteiger partial charge >= 0.3 is 0 Å². The lowest BCUT2D eigenvalue weighted by Gasteiger charge is -2.21. The summed E-state index contributed by atoms with van der Waals surface area (Å²) in [6, 6.07) is 6.32. The number of hydrogen-bond acceptors (Lipinski definition) is 3. The van der Waals surface area contributed by atoms with E-state index in [1.165, 1.54) is 12.4 Å². The van der Waals surface area contributed by atoms with Crippen molar-refractivity contribution < 1.29 is 9.59 Å². The Balaban J connectivity index is 2.19. The van der Waals surface area contributed by atoms with Gasteiger partial charge in [-0.2, -0.15) is 0 Å². The lowest BCUT2D eigenvalue weighted by Crippen LogP contribution is -2.32. The topological polar surface area (TPSA) is 62.3 Å². The highest BCUT2D eigenvalue weighted by Crippen LogP contribution is 2.23. The van der Waals surface area contributed by atoms with Crippen LogP contribution in [-0.4, -0.2) is 34.8 Å². The van der Waals surface area contributed by atoms with E-state index in [-0.39, 0.29) is 11.8 Å². The molecule has 0 aliphatic rings. The molecule has 138 valence electrons. The van der Waals surface area contributed by atoms with Gasteiger partial charge in [-0.25, -0.2) is 0 Å². The molecule has 7 heteroatoms. The second-order valence-electron chi connectivity index (χ2n) is 5.87. The molecule has 1 aromatic heterocycles. The van der Waals surface area contributed by atoms with Crippen LogP contribution in [0.3, 0.4) is 0 Å². The normalized spacial score (nSPS) is 10.5. The second-order valence-corrected chi connectivity index (χ2v) is 6.74. The lowest BCUT2D eigenvalue weighted by atomic mass is 10.1. The van der Waals surface area contributed by atoms with Crippen LogP contribution in [0.2, 0.25) is 10.0 Å². The maximum atomic E-state index is 12.7. The van der Waals surface area contributed by atoms with Gasteiger partial charge in [0.1, 0.15) is 0 Å². The molecule has 2 amide bonds. The van der Waals surface area contributed by atoms with Gasteiger partial charge in [-0.15, -0.1) is 0 Å². The monoisotopic (exact) mass is 393 g/mol. The Morgan fingerprint density at radius 2 is 1.54 bits per heavy atom. The molecule has 5 nitrogen and oxygen atoms in total. The fourth-order valence-electron chi connectivity index (χ4n) is 2.55. The molecular weight excluding hydrogens is 373 g/mol. The van der Waals surface area contributed by atoms with E-state index in [1.54, 1.807) is 29.2 Å². The first-order valence-electron chi connectivity index (χ1n) is 8.46. The van der Waals surface area contributed by atoms with E-state index in [9.17, 15) is 9.59 Å². The lowest BCUT2D eigenvalue weighted by molar-refractivity contribution is 0.0755. The molecule has 0 atom stereocenters. The van der Waals surface area contributed by atoms with Crippen molar-refractivity contribution in [1.29, 1.82) is 0 Å². The fraction of sp³-hybridized carbons (Fsp3) is 0.316. The summed E-state index contributed by atoms with van der Waals surface area (Å²) in [6.45, 7) is 5.39. The quantitative estimate of drug-likeness (QED) is 0.726. The number of carbonyl (C=O) groups excluding carboxylic acids is 2. The van der Waals surface area contributed by atoms with E-state index >= 15 is 0 Å². The maximum Gasteiger partial charge on any atom is 0.257 e. The number of hydrogen-bond donors (Lipinski definition) is 1. The first-order valence-corrected chi connectivity index (χ1v) is 9.22. The number of amides is 2. The van der Waals surface area contributed by atoms with Crippen molar-refractivity contribution in [2.24, 2.45) is 0 Å². The molecule has 0 aliphatic carbocycles. The summed E-state index contributed by atoms with van der Waals surface area (Å²) in [5.41, 5.74) is 1.16. The van der Waals surface area contributed by atoms with Gasteiger partial charge in [-0.05, 0) is 37.1 Å². The smallest absolute Gasteiger partial charge is 0.257 e. The van der Waals surface area contributed by atoms with Crippen LogP contribution in [0.25, 0.3) is 0 Å². The average Bonchev–Trinajstić information content (AvgIpc) is 2.60. The predicted octanol–water partition coefficient (Wildman–Crippen LogP) is 4.90. The number of anilines is 1. The van der Waals surface area contributed by atoms with Crippen LogP contribution >= 0.6 is 23.2 Å². The Kier molecular flexibility index (Phi) is 7.42.